The summed E-state index contributed by atoms with van der Waals surface area (Å²) in [6.07, 6.45) is -3.31. The van der Waals surface area contributed by atoms with Gasteiger partial charge in [0.2, 0.25) is 0 Å². The molecular formula is C17H25F3N2O2. The molecule has 0 saturated carbocycles. The van der Waals surface area contributed by atoms with Gasteiger partial charge in [-0.15, -0.1) is 0 Å². The highest BCUT2D eigenvalue weighted by Crippen LogP contribution is 2.28. The Hall–Kier alpha value is -1.47. The summed E-state index contributed by atoms with van der Waals surface area (Å²) < 4.78 is 48.0. The van der Waals surface area contributed by atoms with Gasteiger partial charge in [-0.3, -0.25) is 4.90 Å². The predicted octanol–water partition coefficient (Wildman–Crippen LogP) is 3.07. The van der Waals surface area contributed by atoms with E-state index in [2.05, 4.69) is 5.32 Å². The van der Waals surface area contributed by atoms with E-state index in [4.69, 9.17) is 9.47 Å². The van der Waals surface area contributed by atoms with Crippen molar-refractivity contribution in [1.29, 1.82) is 0 Å². The molecule has 4 nitrogen and oxygen atoms in total. The number of nitrogens with zero attached hydrogens (tertiary/aromatic N) is 1. The summed E-state index contributed by atoms with van der Waals surface area (Å²) in [7, 11) is 1.60. The van der Waals surface area contributed by atoms with Gasteiger partial charge < -0.3 is 14.8 Å². The lowest BCUT2D eigenvalue weighted by molar-refractivity contribution is -0.143. The van der Waals surface area contributed by atoms with Crippen molar-refractivity contribution in [2.24, 2.45) is 5.92 Å². The lowest BCUT2D eigenvalue weighted by Gasteiger charge is -2.18. The quantitative estimate of drug-likeness (QED) is 0.784. The van der Waals surface area contributed by atoms with E-state index in [1.807, 2.05) is 25.1 Å². The highest BCUT2D eigenvalue weighted by atomic mass is 19.4. The van der Waals surface area contributed by atoms with Gasteiger partial charge in [-0.1, -0.05) is 6.07 Å². The summed E-state index contributed by atoms with van der Waals surface area (Å²) >= 11 is 0. The molecule has 1 N–H and O–H groups in total. The number of methoxy groups -OCH3 is 1. The van der Waals surface area contributed by atoms with Crippen molar-refractivity contribution in [3.63, 3.8) is 0 Å². The zero-order valence-electron chi connectivity index (χ0n) is 14.2. The van der Waals surface area contributed by atoms with Crippen molar-refractivity contribution in [1.82, 2.24) is 10.2 Å². The van der Waals surface area contributed by atoms with Crippen molar-refractivity contribution < 1.29 is 22.6 Å². The van der Waals surface area contributed by atoms with Crippen LogP contribution in [0.15, 0.2) is 18.2 Å². The Kier molecular flexibility index (Phi) is 6.74. The Morgan fingerprint density at radius 2 is 2.08 bits per heavy atom. The van der Waals surface area contributed by atoms with E-state index in [-0.39, 0.29) is 5.92 Å². The molecule has 0 amide bonds. The van der Waals surface area contributed by atoms with E-state index in [0.717, 1.165) is 12.0 Å². The van der Waals surface area contributed by atoms with E-state index >= 15 is 0 Å². The number of likely N-dealkylation sites (tertiary alicyclic amines) is 1. The smallest absolute Gasteiger partial charge is 0.401 e. The summed E-state index contributed by atoms with van der Waals surface area (Å²) in [5.41, 5.74) is 1.06. The molecule has 1 heterocycles. The first-order valence-corrected chi connectivity index (χ1v) is 8.20. The van der Waals surface area contributed by atoms with E-state index < -0.39 is 12.7 Å². The maximum Gasteiger partial charge on any atom is 0.401 e. The minimum atomic E-state index is -4.11. The second-order valence-electron chi connectivity index (χ2n) is 6.05. The minimum Gasteiger partial charge on any atom is -0.493 e. The molecule has 0 spiro atoms. The molecule has 136 valence electrons. The van der Waals surface area contributed by atoms with Gasteiger partial charge in [0.05, 0.1) is 20.3 Å². The number of hydrogen-bond donors (Lipinski definition) is 1. The van der Waals surface area contributed by atoms with Crippen LogP contribution < -0.4 is 14.8 Å². The first kappa shape index (κ1) is 18.9. The average molecular weight is 346 g/mol. The van der Waals surface area contributed by atoms with Gasteiger partial charge in [0, 0.05) is 13.1 Å². The zero-order chi connectivity index (χ0) is 17.6. The number of ether oxygens (including phenoxy) is 2. The minimum absolute atomic E-state index is 0.261. The highest BCUT2D eigenvalue weighted by molar-refractivity contribution is 5.42. The number of rotatable bonds is 8. The molecule has 0 unspecified atom stereocenters. The van der Waals surface area contributed by atoms with Gasteiger partial charge in [-0.05, 0) is 50.0 Å². The monoisotopic (exact) mass is 346 g/mol. The molecule has 1 aromatic rings. The number of benzene rings is 1. The van der Waals surface area contributed by atoms with Crippen molar-refractivity contribution in [3.8, 4) is 11.5 Å². The standard InChI is InChI=1S/C17H25F3N2O2/c1-3-24-16-8-13(4-5-15(16)23-2)9-21-10-14-6-7-22(11-14)12-17(18,19)20/h4-5,8,14,21H,3,6-7,9-12H2,1-2H3/t14-/m1/s1. The number of alkyl halides is 3. The number of halogens is 3. The Morgan fingerprint density at radius 3 is 2.75 bits per heavy atom. The summed E-state index contributed by atoms with van der Waals surface area (Å²) in [6.45, 7) is 4.05. The van der Waals surface area contributed by atoms with Crippen molar-refractivity contribution >= 4 is 0 Å². The molecule has 0 bridgehead atoms. The fourth-order valence-electron chi connectivity index (χ4n) is 3.00. The Morgan fingerprint density at radius 1 is 1.29 bits per heavy atom. The SMILES string of the molecule is CCOc1cc(CNC[C@H]2CCN(CC(F)(F)F)C2)ccc1OC. The lowest BCUT2D eigenvalue weighted by atomic mass is 10.1. The Labute approximate surface area is 140 Å². The van der Waals surface area contributed by atoms with Gasteiger partial charge >= 0.3 is 6.18 Å². The van der Waals surface area contributed by atoms with Crippen molar-refractivity contribution in [2.75, 3.05) is 39.9 Å². The lowest BCUT2D eigenvalue weighted by Crippen LogP contribution is -2.33. The van der Waals surface area contributed by atoms with E-state index in [0.29, 0.717) is 44.3 Å². The zero-order valence-corrected chi connectivity index (χ0v) is 14.2. The van der Waals surface area contributed by atoms with Gasteiger partial charge in [0.25, 0.3) is 0 Å². The second kappa shape index (κ2) is 8.58. The van der Waals surface area contributed by atoms with E-state index in [1.54, 1.807) is 7.11 Å². The van der Waals surface area contributed by atoms with Crippen LogP contribution in [0.3, 0.4) is 0 Å². The molecule has 1 atom stereocenters. The van der Waals surface area contributed by atoms with Crippen LogP contribution in [0.5, 0.6) is 11.5 Å². The van der Waals surface area contributed by atoms with Crippen LogP contribution in [0.4, 0.5) is 13.2 Å². The van der Waals surface area contributed by atoms with Gasteiger partial charge in [0.1, 0.15) is 0 Å². The third-order valence-electron chi connectivity index (χ3n) is 4.06. The average Bonchev–Trinajstić information content (AvgIpc) is 2.93. The molecule has 0 radical (unpaired) electrons. The highest BCUT2D eigenvalue weighted by Gasteiger charge is 2.34. The maximum absolute atomic E-state index is 12.4. The van der Waals surface area contributed by atoms with Crippen LogP contribution in [-0.2, 0) is 6.54 Å². The summed E-state index contributed by atoms with van der Waals surface area (Å²) in [6, 6.07) is 5.75. The third-order valence-corrected chi connectivity index (χ3v) is 4.06. The fraction of sp³-hybridized carbons (Fsp3) is 0.647. The van der Waals surface area contributed by atoms with Crippen LogP contribution in [-0.4, -0.2) is 51.0 Å². The van der Waals surface area contributed by atoms with Gasteiger partial charge in [-0.25, -0.2) is 0 Å². The normalized spacial score (nSPS) is 18.8. The molecule has 2 rings (SSSR count). The number of nitrogens with one attached hydrogen (secondary N) is 1. The van der Waals surface area contributed by atoms with E-state index in [9.17, 15) is 13.2 Å². The Balaban J connectivity index is 1.77. The van der Waals surface area contributed by atoms with Crippen molar-refractivity contribution in [3.05, 3.63) is 23.8 Å². The summed E-state index contributed by atoms with van der Waals surface area (Å²) in [5, 5.41) is 3.33. The van der Waals surface area contributed by atoms with Gasteiger partial charge in [-0.2, -0.15) is 13.2 Å². The molecule has 1 aliphatic rings. The van der Waals surface area contributed by atoms with Crippen LogP contribution in [0, 0.1) is 5.92 Å². The van der Waals surface area contributed by atoms with Crippen LogP contribution in [0.2, 0.25) is 0 Å². The summed E-state index contributed by atoms with van der Waals surface area (Å²) in [4.78, 5) is 1.48. The molecule has 0 aliphatic carbocycles. The van der Waals surface area contributed by atoms with E-state index in [1.165, 1.54) is 4.90 Å². The van der Waals surface area contributed by atoms with Crippen LogP contribution in [0.1, 0.15) is 18.9 Å². The van der Waals surface area contributed by atoms with Crippen LogP contribution >= 0.6 is 0 Å². The Bertz CT molecular complexity index is 523. The third kappa shape index (κ3) is 5.87. The second-order valence-corrected chi connectivity index (χ2v) is 6.05. The molecule has 1 aromatic carbocycles. The summed E-state index contributed by atoms with van der Waals surface area (Å²) in [5.74, 6) is 1.66. The molecule has 1 aliphatic heterocycles. The largest absolute Gasteiger partial charge is 0.493 e. The topological polar surface area (TPSA) is 33.7 Å². The van der Waals surface area contributed by atoms with Crippen molar-refractivity contribution in [2.45, 2.75) is 26.1 Å². The maximum atomic E-state index is 12.4. The molecule has 1 fully saturated rings. The molecule has 1 saturated heterocycles. The molecule has 7 heteroatoms. The molecular weight excluding hydrogens is 321 g/mol. The molecule has 0 aromatic heterocycles. The fourth-order valence-corrected chi connectivity index (χ4v) is 3.00. The van der Waals surface area contributed by atoms with Crippen LogP contribution in [0.25, 0.3) is 0 Å². The van der Waals surface area contributed by atoms with Gasteiger partial charge in [0.15, 0.2) is 11.5 Å². The predicted molar refractivity (Wildman–Crippen MR) is 86.5 cm³/mol. The molecule has 24 heavy (non-hydrogen) atoms. The first-order chi connectivity index (χ1) is 11.4. The first-order valence-electron chi connectivity index (χ1n) is 8.20. The number of hydrogen-bond acceptors (Lipinski definition) is 4.